The van der Waals surface area contributed by atoms with Gasteiger partial charge in [-0.05, 0) is 40.5 Å². The lowest BCUT2D eigenvalue weighted by Crippen LogP contribution is -2.46. The van der Waals surface area contributed by atoms with Crippen LogP contribution in [-0.4, -0.2) is 45.8 Å². The van der Waals surface area contributed by atoms with Crippen LogP contribution >= 0.6 is 0 Å². The van der Waals surface area contributed by atoms with Crippen LogP contribution in [0, 0.1) is 0 Å². The second-order valence-corrected chi connectivity index (χ2v) is 5.86. The molecule has 1 atom stereocenters. The van der Waals surface area contributed by atoms with E-state index in [2.05, 4.69) is 5.32 Å². The average molecular weight is 323 g/mol. The van der Waals surface area contributed by atoms with Gasteiger partial charge in [-0.1, -0.05) is 0 Å². The van der Waals surface area contributed by atoms with Gasteiger partial charge in [0, 0.05) is 22.3 Å². The first-order valence-electron chi connectivity index (χ1n) is 7.18. The Morgan fingerprint density at radius 2 is 1.57 bits per heavy atom. The molecule has 0 fully saturated rings. The Labute approximate surface area is 134 Å². The lowest BCUT2D eigenvalue weighted by molar-refractivity contribution is -0.143. The number of allylic oxidation sites excluding steroid dienone is 4. The quantitative estimate of drug-likeness (QED) is 0.613. The minimum Gasteiger partial charge on any atom is -0.480 e. The number of carbonyl (C=O) groups excluding carboxylic acids is 3. The van der Waals surface area contributed by atoms with Crippen LogP contribution in [0.4, 0.5) is 0 Å². The van der Waals surface area contributed by atoms with E-state index < -0.39 is 24.0 Å². The van der Waals surface area contributed by atoms with E-state index in [1.165, 1.54) is 6.92 Å². The maximum absolute atomic E-state index is 12.3. The fourth-order valence-corrected chi connectivity index (χ4v) is 2.28. The van der Waals surface area contributed by atoms with E-state index in [1.807, 2.05) is 0 Å². The Balaban J connectivity index is 2.84. The maximum Gasteiger partial charge on any atom is 0.322 e. The van der Waals surface area contributed by atoms with E-state index in [4.69, 9.17) is 5.11 Å². The largest absolute Gasteiger partial charge is 0.480 e. The molecule has 1 aliphatic carbocycles. The van der Waals surface area contributed by atoms with E-state index in [9.17, 15) is 24.3 Å². The molecule has 0 bridgehead atoms. The lowest BCUT2D eigenvalue weighted by Gasteiger charge is -2.24. The van der Waals surface area contributed by atoms with Crippen LogP contribution in [0.1, 0.15) is 40.5 Å². The van der Waals surface area contributed by atoms with Crippen LogP contribution in [0.3, 0.4) is 0 Å². The third-order valence-corrected chi connectivity index (χ3v) is 4.06. The normalized spacial score (nSPS) is 18.1. The van der Waals surface area contributed by atoms with Crippen LogP contribution in [0.5, 0.6) is 0 Å². The molecule has 1 amide bonds. The van der Waals surface area contributed by atoms with Crippen molar-refractivity contribution in [2.24, 2.45) is 0 Å². The minimum atomic E-state index is -1.84. The van der Waals surface area contributed by atoms with Crippen LogP contribution in [0.25, 0.3) is 0 Å². The predicted octanol–water partition coefficient (Wildman–Crippen LogP) is 0.523. The highest BCUT2D eigenvalue weighted by atomic mass is 16.4. The van der Waals surface area contributed by atoms with E-state index >= 15 is 0 Å². The number of rotatable bonds is 6. The first kappa shape index (κ1) is 18.8. The summed E-state index contributed by atoms with van der Waals surface area (Å²) in [6.45, 7) is 5.34. The number of aliphatic hydroxyl groups is 1. The van der Waals surface area contributed by atoms with Gasteiger partial charge in [0.05, 0.1) is 0 Å². The van der Waals surface area contributed by atoms with Crippen molar-refractivity contribution >= 4 is 23.4 Å². The number of nitrogens with one attached hydrogen (secondary N) is 1. The number of amides is 1. The summed E-state index contributed by atoms with van der Waals surface area (Å²) in [5.41, 5.74) is -0.465. The summed E-state index contributed by atoms with van der Waals surface area (Å²) in [5.74, 6) is -2.54. The summed E-state index contributed by atoms with van der Waals surface area (Å²) in [6.07, 6.45) is -0.0506. The van der Waals surface area contributed by atoms with Crippen molar-refractivity contribution in [1.82, 2.24) is 5.32 Å². The zero-order valence-electron chi connectivity index (χ0n) is 13.6. The van der Waals surface area contributed by atoms with Crippen molar-refractivity contribution in [2.75, 3.05) is 6.54 Å². The number of hydrogen-bond donors (Lipinski definition) is 3. The topological polar surface area (TPSA) is 121 Å². The molecule has 126 valence electrons. The lowest BCUT2D eigenvalue weighted by atomic mass is 9.82. The molecule has 0 aromatic rings. The first-order chi connectivity index (χ1) is 10.5. The van der Waals surface area contributed by atoms with Gasteiger partial charge in [-0.25, -0.2) is 0 Å². The van der Waals surface area contributed by atoms with Gasteiger partial charge in [-0.2, -0.15) is 0 Å². The van der Waals surface area contributed by atoms with Crippen molar-refractivity contribution in [3.05, 3.63) is 22.3 Å². The zero-order chi connectivity index (χ0) is 17.9. The SMILES string of the molecule is CC1=C(C)C(=O)C(CCC(C)(O)C(=O)NCC(=O)O)=C(C)C1=O. The van der Waals surface area contributed by atoms with Crippen molar-refractivity contribution in [3.8, 4) is 0 Å². The predicted molar refractivity (Wildman–Crippen MR) is 81.6 cm³/mol. The Bertz CT molecular complexity index is 639. The van der Waals surface area contributed by atoms with Crippen LogP contribution in [-0.2, 0) is 19.2 Å². The van der Waals surface area contributed by atoms with Crippen molar-refractivity contribution < 1.29 is 29.4 Å². The molecule has 0 spiro atoms. The van der Waals surface area contributed by atoms with E-state index in [1.54, 1.807) is 20.8 Å². The summed E-state index contributed by atoms with van der Waals surface area (Å²) in [4.78, 5) is 46.5. The second-order valence-electron chi connectivity index (χ2n) is 5.86. The highest BCUT2D eigenvalue weighted by Gasteiger charge is 2.33. The van der Waals surface area contributed by atoms with Gasteiger partial charge < -0.3 is 15.5 Å². The van der Waals surface area contributed by atoms with Gasteiger partial charge in [-0.15, -0.1) is 0 Å². The van der Waals surface area contributed by atoms with Crippen LogP contribution < -0.4 is 5.32 Å². The fraction of sp³-hybridized carbons (Fsp3) is 0.500. The number of carboxylic acid groups (broad SMARTS) is 1. The number of carboxylic acids is 1. The minimum absolute atomic E-state index is 0.0501. The molecule has 7 heteroatoms. The van der Waals surface area contributed by atoms with Crippen molar-refractivity contribution in [1.29, 1.82) is 0 Å². The molecule has 7 nitrogen and oxygen atoms in total. The summed E-state index contributed by atoms with van der Waals surface area (Å²) in [6, 6.07) is 0. The van der Waals surface area contributed by atoms with Gasteiger partial charge in [0.15, 0.2) is 11.6 Å². The molecule has 0 heterocycles. The first-order valence-corrected chi connectivity index (χ1v) is 7.18. The maximum atomic E-state index is 12.3. The van der Waals surface area contributed by atoms with Crippen molar-refractivity contribution in [3.63, 3.8) is 0 Å². The highest BCUT2D eigenvalue weighted by molar-refractivity contribution is 6.24. The second kappa shape index (κ2) is 6.87. The summed E-state index contributed by atoms with van der Waals surface area (Å²) < 4.78 is 0. The van der Waals surface area contributed by atoms with Gasteiger partial charge >= 0.3 is 5.97 Å². The number of hydrogen-bond acceptors (Lipinski definition) is 5. The highest BCUT2D eigenvalue weighted by Crippen LogP contribution is 2.28. The van der Waals surface area contributed by atoms with Gasteiger partial charge in [0.1, 0.15) is 12.1 Å². The number of carbonyl (C=O) groups is 4. The molecule has 0 saturated carbocycles. The molecule has 0 aromatic heterocycles. The summed E-state index contributed by atoms with van der Waals surface area (Å²) >= 11 is 0. The Kier molecular flexibility index (Phi) is 5.60. The smallest absolute Gasteiger partial charge is 0.322 e. The average Bonchev–Trinajstić information content (AvgIpc) is 2.48. The van der Waals surface area contributed by atoms with Gasteiger partial charge in [0.25, 0.3) is 5.91 Å². The Morgan fingerprint density at radius 3 is 2.09 bits per heavy atom. The van der Waals surface area contributed by atoms with Crippen LogP contribution in [0.15, 0.2) is 22.3 Å². The molecular formula is C16H21NO6. The van der Waals surface area contributed by atoms with Crippen LogP contribution in [0.2, 0.25) is 0 Å². The monoisotopic (exact) mass is 323 g/mol. The third kappa shape index (κ3) is 4.13. The molecule has 23 heavy (non-hydrogen) atoms. The molecule has 1 rings (SSSR count). The molecule has 3 N–H and O–H groups in total. The third-order valence-electron chi connectivity index (χ3n) is 4.06. The Morgan fingerprint density at radius 1 is 1.04 bits per heavy atom. The number of ketones is 2. The molecule has 0 saturated heterocycles. The number of aliphatic carboxylic acids is 1. The van der Waals surface area contributed by atoms with Crippen molar-refractivity contribution in [2.45, 2.75) is 46.1 Å². The van der Waals surface area contributed by atoms with E-state index in [0.29, 0.717) is 16.7 Å². The van der Waals surface area contributed by atoms with Gasteiger partial charge in [-0.3, -0.25) is 19.2 Å². The number of Topliss-reactive ketones (excluding diaryl/α,β-unsaturated/α-hetero) is 2. The molecule has 1 unspecified atom stereocenters. The zero-order valence-corrected chi connectivity index (χ0v) is 13.6. The summed E-state index contributed by atoms with van der Waals surface area (Å²) in [5, 5.41) is 20.8. The molecule has 1 aliphatic rings. The van der Waals surface area contributed by atoms with E-state index in [-0.39, 0.29) is 30.0 Å². The standard InChI is InChI=1S/C16H21NO6/c1-8-9(2)14(21)11(10(3)13(8)20)5-6-16(4,23)15(22)17-7-12(18)19/h23H,5-7H2,1-4H3,(H,17,22)(H,18,19). The molecule has 0 radical (unpaired) electrons. The molecular weight excluding hydrogens is 302 g/mol. The fourth-order valence-electron chi connectivity index (χ4n) is 2.28. The van der Waals surface area contributed by atoms with Gasteiger partial charge in [0.2, 0.25) is 0 Å². The molecule has 0 aromatic carbocycles. The van der Waals surface area contributed by atoms with E-state index in [0.717, 1.165) is 0 Å². The Hall–Kier alpha value is -2.28. The molecule has 0 aliphatic heterocycles. The summed E-state index contributed by atoms with van der Waals surface area (Å²) in [7, 11) is 0.